The van der Waals surface area contributed by atoms with Gasteiger partial charge in [0.15, 0.2) is 5.96 Å². The van der Waals surface area contributed by atoms with Crippen LogP contribution < -0.4 is 11.1 Å². The van der Waals surface area contributed by atoms with E-state index in [-0.39, 0.29) is 0 Å². The molecule has 0 aliphatic rings. The number of hydrogen-bond donors (Lipinski definition) is 2. The fourth-order valence-corrected chi connectivity index (χ4v) is 1.51. The predicted octanol–water partition coefficient (Wildman–Crippen LogP) is 1.69. The highest BCUT2D eigenvalue weighted by Crippen LogP contribution is 2.00. The molecule has 92 valence electrons. The maximum absolute atomic E-state index is 5.79. The van der Waals surface area contributed by atoms with Crippen LogP contribution in [-0.2, 0) is 13.1 Å². The molecule has 0 radical (unpaired) electrons. The first-order valence-corrected chi connectivity index (χ1v) is 5.81. The molecule has 2 rings (SSSR count). The van der Waals surface area contributed by atoms with Crippen LogP contribution in [-0.4, -0.2) is 10.9 Å². The second-order valence-corrected chi connectivity index (χ2v) is 3.90. The van der Waals surface area contributed by atoms with Crippen molar-refractivity contribution in [1.82, 2.24) is 10.3 Å². The van der Waals surface area contributed by atoms with E-state index in [0.717, 1.165) is 11.1 Å². The first kappa shape index (κ1) is 12.1. The van der Waals surface area contributed by atoms with Gasteiger partial charge in [0, 0.05) is 18.9 Å². The molecule has 18 heavy (non-hydrogen) atoms. The van der Waals surface area contributed by atoms with E-state index in [1.54, 1.807) is 12.4 Å². The molecule has 0 amide bonds. The number of aliphatic imine (C=N–C) groups is 1. The smallest absolute Gasteiger partial charge is 0.189 e. The number of pyridine rings is 1. The molecular formula is C14H16N4. The second kappa shape index (κ2) is 6.39. The zero-order valence-corrected chi connectivity index (χ0v) is 10.1. The number of rotatable bonds is 4. The zero-order chi connectivity index (χ0) is 12.6. The summed E-state index contributed by atoms with van der Waals surface area (Å²) in [5, 5.41) is 3.07. The second-order valence-electron chi connectivity index (χ2n) is 3.90. The molecule has 4 heteroatoms. The van der Waals surface area contributed by atoms with Gasteiger partial charge < -0.3 is 11.1 Å². The minimum atomic E-state index is 0.454. The van der Waals surface area contributed by atoms with E-state index in [1.807, 2.05) is 42.5 Å². The van der Waals surface area contributed by atoms with Crippen molar-refractivity contribution in [2.75, 3.05) is 0 Å². The largest absolute Gasteiger partial charge is 0.370 e. The Bertz CT molecular complexity index is 494. The van der Waals surface area contributed by atoms with Gasteiger partial charge >= 0.3 is 0 Å². The topological polar surface area (TPSA) is 63.3 Å². The van der Waals surface area contributed by atoms with Gasteiger partial charge in [-0.2, -0.15) is 0 Å². The van der Waals surface area contributed by atoms with E-state index in [2.05, 4.69) is 15.3 Å². The van der Waals surface area contributed by atoms with Crippen LogP contribution >= 0.6 is 0 Å². The lowest BCUT2D eigenvalue weighted by molar-refractivity contribution is 0.882. The van der Waals surface area contributed by atoms with Crippen molar-refractivity contribution in [3.8, 4) is 0 Å². The van der Waals surface area contributed by atoms with Crippen LogP contribution in [0, 0.1) is 0 Å². The maximum Gasteiger partial charge on any atom is 0.189 e. The third kappa shape index (κ3) is 3.90. The monoisotopic (exact) mass is 240 g/mol. The summed E-state index contributed by atoms with van der Waals surface area (Å²) in [7, 11) is 0. The number of nitrogens with two attached hydrogens (primary N) is 1. The van der Waals surface area contributed by atoms with Crippen LogP contribution in [0.3, 0.4) is 0 Å². The molecule has 2 aromatic rings. The lowest BCUT2D eigenvalue weighted by Crippen LogP contribution is -2.31. The molecule has 0 unspecified atom stereocenters. The summed E-state index contributed by atoms with van der Waals surface area (Å²) in [6.45, 7) is 1.25. The van der Waals surface area contributed by atoms with Crippen LogP contribution in [0.15, 0.2) is 59.9 Å². The number of guanidine groups is 1. The van der Waals surface area contributed by atoms with Crippen LogP contribution in [0.2, 0.25) is 0 Å². The van der Waals surface area contributed by atoms with E-state index in [9.17, 15) is 0 Å². The summed E-state index contributed by atoms with van der Waals surface area (Å²) in [6, 6.07) is 13.9. The third-order valence-corrected chi connectivity index (χ3v) is 2.50. The van der Waals surface area contributed by atoms with E-state index in [4.69, 9.17) is 5.73 Å². The Morgan fingerprint density at radius 2 is 1.78 bits per heavy atom. The van der Waals surface area contributed by atoms with Gasteiger partial charge in [-0.1, -0.05) is 30.3 Å². The molecule has 1 aromatic carbocycles. The lowest BCUT2D eigenvalue weighted by atomic mass is 10.2. The molecule has 0 saturated heterocycles. The molecule has 0 saturated carbocycles. The number of benzene rings is 1. The van der Waals surface area contributed by atoms with Crippen LogP contribution in [0.4, 0.5) is 0 Å². The van der Waals surface area contributed by atoms with Crippen molar-refractivity contribution in [3.05, 3.63) is 66.0 Å². The average molecular weight is 240 g/mol. The maximum atomic E-state index is 5.79. The summed E-state index contributed by atoms with van der Waals surface area (Å²) in [5.74, 6) is 0.454. The lowest BCUT2D eigenvalue weighted by Gasteiger charge is -2.05. The quantitative estimate of drug-likeness (QED) is 0.631. The zero-order valence-electron chi connectivity index (χ0n) is 10.1. The van der Waals surface area contributed by atoms with Crippen molar-refractivity contribution >= 4 is 5.96 Å². The van der Waals surface area contributed by atoms with E-state index in [1.165, 1.54) is 0 Å². The Kier molecular flexibility index (Phi) is 4.30. The summed E-state index contributed by atoms with van der Waals surface area (Å²) >= 11 is 0. The molecule has 0 aliphatic heterocycles. The average Bonchev–Trinajstić information content (AvgIpc) is 2.45. The van der Waals surface area contributed by atoms with Gasteiger partial charge in [0.2, 0.25) is 0 Å². The van der Waals surface area contributed by atoms with Gasteiger partial charge in [0.05, 0.1) is 6.54 Å². The Labute approximate surface area is 107 Å². The summed E-state index contributed by atoms with van der Waals surface area (Å²) in [6.07, 6.45) is 3.52. The minimum Gasteiger partial charge on any atom is -0.370 e. The van der Waals surface area contributed by atoms with Gasteiger partial charge in [-0.25, -0.2) is 4.99 Å². The number of hydrogen-bond acceptors (Lipinski definition) is 2. The minimum absolute atomic E-state index is 0.454. The number of aromatic nitrogens is 1. The molecule has 0 bridgehead atoms. The highest BCUT2D eigenvalue weighted by molar-refractivity contribution is 5.77. The highest BCUT2D eigenvalue weighted by Gasteiger charge is 1.94. The van der Waals surface area contributed by atoms with Crippen molar-refractivity contribution in [1.29, 1.82) is 0 Å². The molecule has 1 aromatic heterocycles. The Hall–Kier alpha value is -2.36. The van der Waals surface area contributed by atoms with Crippen LogP contribution in [0.1, 0.15) is 11.1 Å². The highest BCUT2D eigenvalue weighted by atomic mass is 15.1. The van der Waals surface area contributed by atoms with Gasteiger partial charge in [-0.3, -0.25) is 4.98 Å². The predicted molar refractivity (Wildman–Crippen MR) is 72.8 cm³/mol. The summed E-state index contributed by atoms with van der Waals surface area (Å²) in [5.41, 5.74) is 8.06. The van der Waals surface area contributed by atoms with Gasteiger partial charge in [0.1, 0.15) is 0 Å². The number of nitrogens with zero attached hydrogens (tertiary/aromatic N) is 2. The third-order valence-electron chi connectivity index (χ3n) is 2.50. The summed E-state index contributed by atoms with van der Waals surface area (Å²) < 4.78 is 0. The van der Waals surface area contributed by atoms with Gasteiger partial charge in [-0.15, -0.1) is 0 Å². The van der Waals surface area contributed by atoms with Crippen LogP contribution in [0.25, 0.3) is 0 Å². The SMILES string of the molecule is NC(=NCc1ccccc1)NCc1ccncc1. The van der Waals surface area contributed by atoms with Crippen molar-refractivity contribution in [2.45, 2.75) is 13.1 Å². The van der Waals surface area contributed by atoms with E-state index in [0.29, 0.717) is 19.0 Å². The van der Waals surface area contributed by atoms with Crippen LogP contribution in [0.5, 0.6) is 0 Å². The molecule has 0 aliphatic carbocycles. The molecule has 0 spiro atoms. The Morgan fingerprint density at radius 3 is 2.50 bits per heavy atom. The molecule has 4 nitrogen and oxygen atoms in total. The van der Waals surface area contributed by atoms with Crippen molar-refractivity contribution in [3.63, 3.8) is 0 Å². The van der Waals surface area contributed by atoms with E-state index < -0.39 is 0 Å². The van der Waals surface area contributed by atoms with E-state index >= 15 is 0 Å². The molecule has 3 N–H and O–H groups in total. The van der Waals surface area contributed by atoms with Crippen molar-refractivity contribution < 1.29 is 0 Å². The van der Waals surface area contributed by atoms with Gasteiger partial charge in [0.25, 0.3) is 0 Å². The Morgan fingerprint density at radius 1 is 1.06 bits per heavy atom. The molecular weight excluding hydrogens is 224 g/mol. The number of nitrogens with one attached hydrogen (secondary N) is 1. The summed E-state index contributed by atoms with van der Waals surface area (Å²) in [4.78, 5) is 8.24. The molecule has 0 atom stereocenters. The molecule has 1 heterocycles. The first-order chi connectivity index (χ1) is 8.84. The standard InChI is InChI=1S/C14H16N4/c15-14(17-10-12-4-2-1-3-5-12)18-11-13-6-8-16-9-7-13/h1-9H,10-11H2,(H3,15,17,18). The van der Waals surface area contributed by atoms with Gasteiger partial charge in [-0.05, 0) is 23.3 Å². The fraction of sp³-hybridized carbons (Fsp3) is 0.143. The van der Waals surface area contributed by atoms with Crippen molar-refractivity contribution in [2.24, 2.45) is 10.7 Å². The fourth-order valence-electron chi connectivity index (χ4n) is 1.51. The molecule has 0 fully saturated rings. The Balaban J connectivity index is 1.83. The first-order valence-electron chi connectivity index (χ1n) is 5.81. The normalized spacial score (nSPS) is 11.2.